The number of nitrogens with one attached hydrogen (secondary N) is 1. The second-order valence-electron chi connectivity index (χ2n) is 3.55. The van der Waals surface area contributed by atoms with Gasteiger partial charge in [0.05, 0.1) is 0 Å². The molecule has 1 aliphatic heterocycles. The highest BCUT2D eigenvalue weighted by atomic mass is 15.2. The molecule has 1 fully saturated rings. The molecule has 0 saturated carbocycles. The summed E-state index contributed by atoms with van der Waals surface area (Å²) >= 11 is 0. The van der Waals surface area contributed by atoms with E-state index in [1.54, 1.807) is 0 Å². The van der Waals surface area contributed by atoms with E-state index < -0.39 is 0 Å². The molecule has 1 N–H and O–H groups in total. The Kier molecular flexibility index (Phi) is 2.93. The lowest BCUT2D eigenvalue weighted by molar-refractivity contribution is 0.724. The molecule has 1 aliphatic rings. The molecule has 14 heavy (non-hydrogen) atoms. The highest BCUT2D eigenvalue weighted by molar-refractivity contribution is 5.37. The van der Waals surface area contributed by atoms with E-state index in [-0.39, 0.29) is 0 Å². The molecule has 4 nitrogen and oxygen atoms in total. The summed E-state index contributed by atoms with van der Waals surface area (Å²) < 4.78 is 0. The van der Waals surface area contributed by atoms with Crippen molar-refractivity contribution in [3.63, 3.8) is 0 Å². The number of anilines is 1. The summed E-state index contributed by atoms with van der Waals surface area (Å²) in [5, 5.41) is 3.38. The van der Waals surface area contributed by atoms with Crippen molar-refractivity contribution >= 4 is 5.82 Å². The molecule has 4 heteroatoms. The summed E-state index contributed by atoms with van der Waals surface area (Å²) in [6.45, 7) is 6.21. The van der Waals surface area contributed by atoms with Gasteiger partial charge in [-0.15, -0.1) is 0 Å². The van der Waals surface area contributed by atoms with Gasteiger partial charge in [-0.2, -0.15) is 0 Å². The Morgan fingerprint density at radius 1 is 1.36 bits per heavy atom. The first kappa shape index (κ1) is 9.40. The van der Waals surface area contributed by atoms with E-state index >= 15 is 0 Å². The van der Waals surface area contributed by atoms with Crippen LogP contribution in [0.5, 0.6) is 0 Å². The Hall–Kier alpha value is -1.16. The minimum Gasteiger partial charge on any atom is -0.355 e. The standard InChI is InChI=1S/C10H16N4/c1-9-12-5-3-10(13-9)14-7-2-4-11-6-8-14/h3,5,11H,2,4,6-8H2,1H3. The maximum Gasteiger partial charge on any atom is 0.132 e. The third kappa shape index (κ3) is 2.20. The smallest absolute Gasteiger partial charge is 0.132 e. The van der Waals surface area contributed by atoms with Gasteiger partial charge in [0, 0.05) is 25.8 Å². The average Bonchev–Trinajstić information content (AvgIpc) is 2.45. The summed E-state index contributed by atoms with van der Waals surface area (Å²) in [7, 11) is 0. The molecule has 1 aromatic rings. The first-order valence-electron chi connectivity index (χ1n) is 5.11. The molecule has 0 radical (unpaired) electrons. The Labute approximate surface area is 84.4 Å². The van der Waals surface area contributed by atoms with Crippen LogP contribution >= 0.6 is 0 Å². The number of aryl methyl sites for hydroxylation is 1. The monoisotopic (exact) mass is 192 g/mol. The fourth-order valence-corrected chi connectivity index (χ4v) is 1.69. The summed E-state index contributed by atoms with van der Waals surface area (Å²) in [4.78, 5) is 10.8. The van der Waals surface area contributed by atoms with Gasteiger partial charge in [0.15, 0.2) is 0 Å². The van der Waals surface area contributed by atoms with E-state index in [2.05, 4.69) is 20.2 Å². The van der Waals surface area contributed by atoms with Crippen LogP contribution in [-0.2, 0) is 0 Å². The van der Waals surface area contributed by atoms with Crippen molar-refractivity contribution in [2.45, 2.75) is 13.3 Å². The Balaban J connectivity index is 2.12. The Bertz CT molecular complexity index is 292. The number of rotatable bonds is 1. The van der Waals surface area contributed by atoms with Crippen LogP contribution in [0.1, 0.15) is 12.2 Å². The lowest BCUT2D eigenvalue weighted by Crippen LogP contribution is -2.28. The van der Waals surface area contributed by atoms with Gasteiger partial charge >= 0.3 is 0 Å². The largest absolute Gasteiger partial charge is 0.355 e. The number of hydrogen-bond acceptors (Lipinski definition) is 4. The fraction of sp³-hybridized carbons (Fsp3) is 0.600. The van der Waals surface area contributed by atoms with Crippen molar-refractivity contribution in [2.75, 3.05) is 31.1 Å². The van der Waals surface area contributed by atoms with Crippen LogP contribution < -0.4 is 10.2 Å². The van der Waals surface area contributed by atoms with Crippen molar-refractivity contribution in [1.82, 2.24) is 15.3 Å². The van der Waals surface area contributed by atoms with Crippen molar-refractivity contribution in [3.8, 4) is 0 Å². The molecule has 0 bridgehead atoms. The van der Waals surface area contributed by atoms with E-state index in [0.29, 0.717) is 0 Å². The van der Waals surface area contributed by atoms with Crippen LogP contribution in [0.4, 0.5) is 5.82 Å². The van der Waals surface area contributed by atoms with Gasteiger partial charge in [-0.3, -0.25) is 0 Å². The van der Waals surface area contributed by atoms with Gasteiger partial charge in [-0.05, 0) is 26.0 Å². The third-order valence-electron chi connectivity index (χ3n) is 2.43. The molecule has 1 aromatic heterocycles. The highest BCUT2D eigenvalue weighted by Crippen LogP contribution is 2.10. The number of nitrogens with zero attached hydrogens (tertiary/aromatic N) is 3. The third-order valence-corrected chi connectivity index (χ3v) is 2.43. The fourth-order valence-electron chi connectivity index (χ4n) is 1.69. The van der Waals surface area contributed by atoms with E-state index in [0.717, 1.165) is 37.8 Å². The molecular formula is C10H16N4. The molecule has 2 rings (SSSR count). The van der Waals surface area contributed by atoms with Gasteiger partial charge < -0.3 is 10.2 Å². The highest BCUT2D eigenvalue weighted by Gasteiger charge is 2.10. The van der Waals surface area contributed by atoms with Crippen LogP contribution in [0.2, 0.25) is 0 Å². The maximum absolute atomic E-state index is 4.43. The molecule has 0 spiro atoms. The van der Waals surface area contributed by atoms with Gasteiger partial charge in [-0.25, -0.2) is 9.97 Å². The van der Waals surface area contributed by atoms with Crippen LogP contribution in [0.15, 0.2) is 12.3 Å². The quantitative estimate of drug-likeness (QED) is 0.707. The minimum absolute atomic E-state index is 0.847. The molecule has 0 atom stereocenters. The first-order chi connectivity index (χ1) is 6.86. The Morgan fingerprint density at radius 3 is 3.14 bits per heavy atom. The van der Waals surface area contributed by atoms with Crippen LogP contribution in [-0.4, -0.2) is 36.1 Å². The zero-order chi connectivity index (χ0) is 9.80. The zero-order valence-corrected chi connectivity index (χ0v) is 8.53. The molecule has 0 amide bonds. The van der Waals surface area contributed by atoms with Crippen molar-refractivity contribution in [3.05, 3.63) is 18.1 Å². The van der Waals surface area contributed by atoms with Crippen LogP contribution in [0, 0.1) is 6.92 Å². The lowest BCUT2D eigenvalue weighted by Gasteiger charge is -2.20. The predicted molar refractivity (Wildman–Crippen MR) is 56.5 cm³/mol. The molecule has 0 aliphatic carbocycles. The Morgan fingerprint density at radius 2 is 2.29 bits per heavy atom. The predicted octanol–water partition coefficient (Wildman–Crippen LogP) is 0.585. The second kappa shape index (κ2) is 4.37. The SMILES string of the molecule is Cc1nccc(N2CCCNCC2)n1. The van der Waals surface area contributed by atoms with E-state index in [4.69, 9.17) is 0 Å². The van der Waals surface area contributed by atoms with Crippen molar-refractivity contribution in [2.24, 2.45) is 0 Å². The number of aromatic nitrogens is 2. The summed E-state index contributed by atoms with van der Waals surface area (Å²) in [5.74, 6) is 1.90. The first-order valence-corrected chi connectivity index (χ1v) is 5.11. The van der Waals surface area contributed by atoms with Crippen molar-refractivity contribution < 1.29 is 0 Å². The lowest BCUT2D eigenvalue weighted by atomic mass is 10.4. The van der Waals surface area contributed by atoms with Crippen molar-refractivity contribution in [1.29, 1.82) is 0 Å². The van der Waals surface area contributed by atoms with Crippen LogP contribution in [0.25, 0.3) is 0 Å². The van der Waals surface area contributed by atoms with Gasteiger partial charge in [0.1, 0.15) is 11.6 Å². The zero-order valence-electron chi connectivity index (χ0n) is 8.53. The van der Waals surface area contributed by atoms with E-state index in [9.17, 15) is 0 Å². The molecule has 76 valence electrons. The maximum atomic E-state index is 4.43. The molecule has 0 aromatic carbocycles. The molecule has 0 unspecified atom stereocenters. The molecule has 2 heterocycles. The second-order valence-corrected chi connectivity index (χ2v) is 3.55. The van der Waals surface area contributed by atoms with E-state index in [1.807, 2.05) is 19.2 Å². The average molecular weight is 192 g/mol. The molecule has 1 saturated heterocycles. The van der Waals surface area contributed by atoms with E-state index in [1.165, 1.54) is 6.42 Å². The minimum atomic E-state index is 0.847. The normalized spacial score (nSPS) is 17.9. The van der Waals surface area contributed by atoms with Gasteiger partial charge in [0.25, 0.3) is 0 Å². The van der Waals surface area contributed by atoms with Crippen LogP contribution in [0.3, 0.4) is 0 Å². The topological polar surface area (TPSA) is 41.1 Å². The summed E-state index contributed by atoms with van der Waals surface area (Å²) in [6.07, 6.45) is 3.01. The van der Waals surface area contributed by atoms with Gasteiger partial charge in [0.2, 0.25) is 0 Å². The summed E-state index contributed by atoms with van der Waals surface area (Å²) in [5.41, 5.74) is 0. The number of hydrogen-bond donors (Lipinski definition) is 1. The summed E-state index contributed by atoms with van der Waals surface area (Å²) in [6, 6.07) is 1.98. The van der Waals surface area contributed by atoms with Gasteiger partial charge in [-0.1, -0.05) is 0 Å². The molecular weight excluding hydrogens is 176 g/mol.